The van der Waals surface area contributed by atoms with Crippen LogP contribution >= 0.6 is 15.9 Å². The first-order valence-corrected chi connectivity index (χ1v) is 8.10. The van der Waals surface area contributed by atoms with Gasteiger partial charge in [-0.2, -0.15) is 0 Å². The first kappa shape index (κ1) is 17.0. The van der Waals surface area contributed by atoms with Crippen LogP contribution in [0.5, 0.6) is 0 Å². The molecule has 0 saturated carbocycles. The number of hydrogen-bond donors (Lipinski definition) is 1. The van der Waals surface area contributed by atoms with Gasteiger partial charge >= 0.3 is 5.97 Å². The zero-order valence-corrected chi connectivity index (χ0v) is 14.1. The van der Waals surface area contributed by atoms with E-state index in [1.54, 1.807) is 0 Å². The first-order valence-electron chi connectivity index (χ1n) is 7.30. The number of rotatable bonds is 5. The highest BCUT2D eigenvalue weighted by molar-refractivity contribution is 9.10. The molecule has 0 aromatic heterocycles. The molecule has 1 amide bonds. The van der Waals surface area contributed by atoms with Gasteiger partial charge < -0.3 is 14.8 Å². The predicted molar refractivity (Wildman–Crippen MR) is 85.2 cm³/mol. The van der Waals surface area contributed by atoms with Crippen LogP contribution < -0.4 is 5.32 Å². The lowest BCUT2D eigenvalue weighted by Crippen LogP contribution is -2.37. The van der Waals surface area contributed by atoms with Gasteiger partial charge in [0.2, 0.25) is 5.91 Å². The van der Waals surface area contributed by atoms with E-state index in [1.807, 2.05) is 24.3 Å². The Balaban J connectivity index is 2.09. The van der Waals surface area contributed by atoms with Gasteiger partial charge in [-0.15, -0.1) is 0 Å². The van der Waals surface area contributed by atoms with E-state index in [1.165, 1.54) is 7.11 Å². The van der Waals surface area contributed by atoms with Crippen LogP contribution in [0, 0.1) is 5.92 Å². The minimum atomic E-state index is -0.389. The van der Waals surface area contributed by atoms with Crippen molar-refractivity contribution >= 4 is 27.8 Å². The standard InChI is InChI=1S/C16H20BrNO4/c1-21-15(19)10-14(12-3-2-4-13(17)9-12)18-16(20)11-5-7-22-8-6-11/h2-4,9,11,14H,5-8,10H2,1H3,(H,18,20)/t14-/m1/s1. The van der Waals surface area contributed by atoms with Gasteiger partial charge in [-0.3, -0.25) is 9.59 Å². The summed E-state index contributed by atoms with van der Waals surface area (Å²) >= 11 is 3.41. The highest BCUT2D eigenvalue weighted by Gasteiger charge is 2.26. The largest absolute Gasteiger partial charge is 0.469 e. The van der Waals surface area contributed by atoms with Crippen molar-refractivity contribution in [1.82, 2.24) is 5.32 Å². The number of ether oxygens (including phenoxy) is 2. The fourth-order valence-corrected chi connectivity index (χ4v) is 2.89. The van der Waals surface area contributed by atoms with E-state index in [2.05, 4.69) is 21.2 Å². The van der Waals surface area contributed by atoms with Crippen molar-refractivity contribution in [2.24, 2.45) is 5.92 Å². The van der Waals surface area contributed by atoms with Crippen LogP contribution in [0.1, 0.15) is 30.9 Å². The molecule has 6 heteroatoms. The third-order valence-corrected chi connectivity index (χ3v) is 4.25. The maximum atomic E-state index is 12.4. The molecule has 1 heterocycles. The number of benzene rings is 1. The summed E-state index contributed by atoms with van der Waals surface area (Å²) in [5.74, 6) is -0.435. The quantitative estimate of drug-likeness (QED) is 0.810. The topological polar surface area (TPSA) is 64.6 Å². The highest BCUT2D eigenvalue weighted by atomic mass is 79.9. The number of amides is 1. The summed E-state index contributed by atoms with van der Waals surface area (Å²) in [5.41, 5.74) is 0.875. The SMILES string of the molecule is COC(=O)C[C@@H](NC(=O)C1CCOCC1)c1cccc(Br)c1. The molecule has 2 rings (SSSR count). The fourth-order valence-electron chi connectivity index (χ4n) is 2.47. The molecular formula is C16H20BrNO4. The number of methoxy groups -OCH3 is 1. The zero-order valence-electron chi connectivity index (χ0n) is 12.5. The number of carbonyl (C=O) groups excluding carboxylic acids is 2. The molecule has 0 bridgehead atoms. The van der Waals surface area contributed by atoms with Crippen molar-refractivity contribution in [3.63, 3.8) is 0 Å². The molecule has 22 heavy (non-hydrogen) atoms. The Kier molecular flexibility index (Phi) is 6.39. The Morgan fingerprint density at radius 3 is 2.77 bits per heavy atom. The monoisotopic (exact) mass is 369 g/mol. The van der Waals surface area contributed by atoms with E-state index < -0.39 is 0 Å². The Bertz CT molecular complexity index is 529. The van der Waals surface area contributed by atoms with Gasteiger partial charge in [0, 0.05) is 23.6 Å². The van der Waals surface area contributed by atoms with E-state index in [0.717, 1.165) is 22.9 Å². The Hall–Kier alpha value is -1.40. The van der Waals surface area contributed by atoms with Crippen molar-refractivity contribution in [2.45, 2.75) is 25.3 Å². The lowest BCUT2D eigenvalue weighted by Gasteiger charge is -2.25. The lowest BCUT2D eigenvalue weighted by molar-refractivity contribution is -0.141. The Morgan fingerprint density at radius 1 is 1.41 bits per heavy atom. The lowest BCUT2D eigenvalue weighted by atomic mass is 9.97. The Morgan fingerprint density at radius 2 is 2.14 bits per heavy atom. The molecule has 1 saturated heterocycles. The van der Waals surface area contributed by atoms with Crippen LogP contribution in [0.25, 0.3) is 0 Å². The average Bonchev–Trinajstić information content (AvgIpc) is 2.54. The van der Waals surface area contributed by atoms with Crippen molar-refractivity contribution in [1.29, 1.82) is 0 Å². The Labute approximate surface area is 138 Å². The first-order chi connectivity index (χ1) is 10.6. The minimum Gasteiger partial charge on any atom is -0.469 e. The zero-order chi connectivity index (χ0) is 15.9. The van der Waals surface area contributed by atoms with Gasteiger partial charge in [0.25, 0.3) is 0 Å². The summed E-state index contributed by atoms with van der Waals surface area (Å²) in [6, 6.07) is 7.18. The average molecular weight is 370 g/mol. The van der Waals surface area contributed by atoms with Crippen molar-refractivity contribution in [2.75, 3.05) is 20.3 Å². The van der Waals surface area contributed by atoms with Gasteiger partial charge in [0.05, 0.1) is 19.6 Å². The third kappa shape index (κ3) is 4.81. The molecule has 0 unspecified atom stereocenters. The highest BCUT2D eigenvalue weighted by Crippen LogP contribution is 2.23. The molecule has 120 valence electrons. The molecule has 1 aromatic carbocycles. The molecular weight excluding hydrogens is 350 g/mol. The van der Waals surface area contributed by atoms with Crippen LogP contribution in [0.3, 0.4) is 0 Å². The molecule has 0 spiro atoms. The number of nitrogens with one attached hydrogen (secondary N) is 1. The smallest absolute Gasteiger partial charge is 0.307 e. The number of carbonyl (C=O) groups is 2. The second-order valence-electron chi connectivity index (χ2n) is 5.28. The van der Waals surface area contributed by atoms with Crippen LogP contribution in [0.2, 0.25) is 0 Å². The second kappa shape index (κ2) is 8.29. The number of esters is 1. The molecule has 1 aliphatic heterocycles. The van der Waals surface area contributed by atoms with Gasteiger partial charge in [-0.1, -0.05) is 28.1 Å². The molecule has 0 radical (unpaired) electrons. The molecule has 1 aromatic rings. The van der Waals surface area contributed by atoms with E-state index in [9.17, 15) is 9.59 Å². The molecule has 5 nitrogen and oxygen atoms in total. The fraction of sp³-hybridized carbons (Fsp3) is 0.500. The van der Waals surface area contributed by atoms with Crippen molar-refractivity contribution in [3.05, 3.63) is 34.3 Å². The maximum absolute atomic E-state index is 12.4. The van der Waals surface area contributed by atoms with Gasteiger partial charge in [-0.25, -0.2) is 0 Å². The van der Waals surface area contributed by atoms with Gasteiger partial charge in [0.15, 0.2) is 0 Å². The summed E-state index contributed by atoms with van der Waals surface area (Å²) in [7, 11) is 1.35. The van der Waals surface area contributed by atoms with Crippen LogP contribution in [-0.2, 0) is 19.1 Å². The number of hydrogen-bond acceptors (Lipinski definition) is 4. The van der Waals surface area contributed by atoms with Crippen molar-refractivity contribution < 1.29 is 19.1 Å². The maximum Gasteiger partial charge on any atom is 0.307 e. The third-order valence-electron chi connectivity index (χ3n) is 3.76. The minimum absolute atomic E-state index is 0.0304. The van der Waals surface area contributed by atoms with E-state index in [4.69, 9.17) is 9.47 Å². The van der Waals surface area contributed by atoms with E-state index in [-0.39, 0.29) is 30.3 Å². The van der Waals surface area contributed by atoms with Gasteiger partial charge in [0.1, 0.15) is 0 Å². The van der Waals surface area contributed by atoms with Gasteiger partial charge in [-0.05, 0) is 30.5 Å². The van der Waals surface area contributed by atoms with E-state index in [0.29, 0.717) is 13.2 Å². The van der Waals surface area contributed by atoms with Crippen LogP contribution in [0.15, 0.2) is 28.7 Å². The molecule has 1 atom stereocenters. The second-order valence-corrected chi connectivity index (χ2v) is 6.20. The van der Waals surface area contributed by atoms with Crippen LogP contribution in [-0.4, -0.2) is 32.2 Å². The summed E-state index contributed by atoms with van der Waals surface area (Å²) in [4.78, 5) is 24.0. The molecule has 0 aliphatic carbocycles. The normalized spacial score (nSPS) is 16.8. The number of halogens is 1. The molecule has 1 aliphatic rings. The molecule has 1 fully saturated rings. The summed E-state index contributed by atoms with van der Waals surface area (Å²) < 4.78 is 10.9. The van der Waals surface area contributed by atoms with Crippen LogP contribution in [0.4, 0.5) is 0 Å². The van der Waals surface area contributed by atoms with E-state index >= 15 is 0 Å². The summed E-state index contributed by atoms with van der Waals surface area (Å²) in [6.45, 7) is 1.22. The summed E-state index contributed by atoms with van der Waals surface area (Å²) in [6.07, 6.45) is 1.55. The molecule has 1 N–H and O–H groups in total. The van der Waals surface area contributed by atoms with Crippen molar-refractivity contribution in [3.8, 4) is 0 Å². The predicted octanol–water partition coefficient (Wildman–Crippen LogP) is 2.60. The summed E-state index contributed by atoms with van der Waals surface area (Å²) in [5, 5.41) is 2.98.